The third kappa shape index (κ3) is 3.54. The Hall–Kier alpha value is -2.15. The van der Waals surface area contributed by atoms with E-state index >= 15 is 0 Å². The number of rotatable bonds is 8. The molecule has 0 fully saturated rings. The molecule has 0 aromatic carbocycles. The summed E-state index contributed by atoms with van der Waals surface area (Å²) in [6.45, 7) is 8.96. The first kappa shape index (κ1) is 16.2. The van der Waals surface area contributed by atoms with Crippen molar-refractivity contribution < 1.29 is 9.21 Å². The fraction of sp³-hybridized carbons (Fsp3) is 0.533. The van der Waals surface area contributed by atoms with Crippen molar-refractivity contribution in [2.45, 2.75) is 33.4 Å². The molecule has 7 heteroatoms. The van der Waals surface area contributed by atoms with Crippen molar-refractivity contribution in [3.05, 3.63) is 36.0 Å². The molecule has 0 aliphatic carbocycles. The predicted molar refractivity (Wildman–Crippen MR) is 82.4 cm³/mol. The minimum atomic E-state index is -0.171. The smallest absolute Gasteiger partial charge is 0.271 e. The van der Waals surface area contributed by atoms with Gasteiger partial charge in [0.1, 0.15) is 11.5 Å². The highest BCUT2D eigenvalue weighted by Gasteiger charge is 2.22. The molecule has 0 saturated heterocycles. The predicted octanol–water partition coefficient (Wildman–Crippen LogP) is 1.70. The number of carbonyl (C=O) groups is 1. The van der Waals surface area contributed by atoms with Crippen molar-refractivity contribution in [2.24, 2.45) is 0 Å². The molecule has 7 nitrogen and oxygen atoms in total. The Kier molecular flexibility index (Phi) is 5.71. The zero-order valence-corrected chi connectivity index (χ0v) is 13.3. The Morgan fingerprint density at radius 3 is 2.77 bits per heavy atom. The molecule has 2 rings (SSSR count). The van der Waals surface area contributed by atoms with Crippen LogP contribution in [0.2, 0.25) is 0 Å². The summed E-state index contributed by atoms with van der Waals surface area (Å²) in [7, 11) is 0. The Balaban J connectivity index is 2.07. The molecular weight excluding hydrogens is 282 g/mol. The summed E-state index contributed by atoms with van der Waals surface area (Å²) in [6.07, 6.45) is 3.14. The van der Waals surface area contributed by atoms with Crippen molar-refractivity contribution in [2.75, 3.05) is 19.6 Å². The summed E-state index contributed by atoms with van der Waals surface area (Å²) in [5.41, 5.74) is 0.472. The Labute approximate surface area is 130 Å². The van der Waals surface area contributed by atoms with Crippen LogP contribution in [0.1, 0.15) is 43.1 Å². The molecule has 22 heavy (non-hydrogen) atoms. The van der Waals surface area contributed by atoms with Gasteiger partial charge < -0.3 is 9.73 Å². The van der Waals surface area contributed by atoms with Gasteiger partial charge in [-0.25, -0.2) is 4.68 Å². The number of nitrogens with one attached hydrogen (secondary N) is 1. The number of aromatic nitrogens is 3. The average molecular weight is 305 g/mol. The molecule has 0 saturated carbocycles. The molecule has 0 aliphatic heterocycles. The molecule has 1 amide bonds. The van der Waals surface area contributed by atoms with Crippen LogP contribution in [0.5, 0.6) is 0 Å². The standard InChI is InChI=1S/C15H23N5O2/c1-4-19(5-2)12(14-8-7-9-22-14)10-16-15(21)13-11-17-18-20(13)6-3/h7-9,11-12H,4-6,10H2,1-3H3,(H,16,21). The van der Waals surface area contributed by atoms with E-state index in [9.17, 15) is 4.79 Å². The third-order valence-corrected chi connectivity index (χ3v) is 3.73. The molecule has 0 spiro atoms. The lowest BCUT2D eigenvalue weighted by Gasteiger charge is -2.28. The molecule has 0 bridgehead atoms. The van der Waals surface area contributed by atoms with Crippen LogP contribution in [0.25, 0.3) is 0 Å². The Morgan fingerprint density at radius 2 is 2.18 bits per heavy atom. The van der Waals surface area contributed by atoms with Gasteiger partial charge in [0.15, 0.2) is 0 Å². The fourth-order valence-electron chi connectivity index (χ4n) is 2.50. The van der Waals surface area contributed by atoms with E-state index in [1.165, 1.54) is 6.20 Å². The molecular formula is C15H23N5O2. The van der Waals surface area contributed by atoms with Crippen LogP contribution in [0.15, 0.2) is 29.0 Å². The zero-order chi connectivity index (χ0) is 15.9. The van der Waals surface area contributed by atoms with Gasteiger partial charge in [0.05, 0.1) is 18.5 Å². The first-order chi connectivity index (χ1) is 10.7. The number of hydrogen-bond acceptors (Lipinski definition) is 5. The number of carbonyl (C=O) groups excluding carboxylic acids is 1. The van der Waals surface area contributed by atoms with Crippen LogP contribution in [-0.4, -0.2) is 45.4 Å². The first-order valence-corrected chi connectivity index (χ1v) is 7.65. The second-order valence-electron chi connectivity index (χ2n) is 4.90. The average Bonchev–Trinajstić information content (AvgIpc) is 3.21. The van der Waals surface area contributed by atoms with E-state index in [-0.39, 0.29) is 11.9 Å². The van der Waals surface area contributed by atoms with Gasteiger partial charge in [0.25, 0.3) is 5.91 Å². The van der Waals surface area contributed by atoms with Crippen LogP contribution in [0.3, 0.4) is 0 Å². The van der Waals surface area contributed by atoms with E-state index in [4.69, 9.17) is 4.42 Å². The van der Waals surface area contributed by atoms with Crippen molar-refractivity contribution in [3.8, 4) is 0 Å². The number of hydrogen-bond donors (Lipinski definition) is 1. The molecule has 1 atom stereocenters. The van der Waals surface area contributed by atoms with Gasteiger partial charge in [-0.05, 0) is 32.1 Å². The number of furan rings is 1. The van der Waals surface area contributed by atoms with Gasteiger partial charge >= 0.3 is 0 Å². The maximum Gasteiger partial charge on any atom is 0.271 e. The SMILES string of the molecule is CCN(CC)C(CNC(=O)c1cnnn1CC)c1ccco1. The lowest BCUT2D eigenvalue weighted by molar-refractivity contribution is 0.0919. The van der Waals surface area contributed by atoms with E-state index in [0.29, 0.717) is 18.8 Å². The monoisotopic (exact) mass is 305 g/mol. The molecule has 2 aromatic rings. The quantitative estimate of drug-likeness (QED) is 0.803. The number of aryl methyl sites for hydroxylation is 1. The van der Waals surface area contributed by atoms with Gasteiger partial charge in [0.2, 0.25) is 0 Å². The van der Waals surface area contributed by atoms with Crippen LogP contribution in [-0.2, 0) is 6.54 Å². The second kappa shape index (κ2) is 7.74. The summed E-state index contributed by atoms with van der Waals surface area (Å²) in [6, 6.07) is 3.82. The maximum atomic E-state index is 12.3. The van der Waals surface area contributed by atoms with E-state index < -0.39 is 0 Å². The molecule has 0 radical (unpaired) electrons. The van der Waals surface area contributed by atoms with Crippen molar-refractivity contribution in [1.82, 2.24) is 25.2 Å². The number of likely N-dealkylation sites (N-methyl/N-ethyl adjacent to an activating group) is 1. The van der Waals surface area contributed by atoms with E-state index in [1.54, 1.807) is 10.9 Å². The van der Waals surface area contributed by atoms with E-state index in [2.05, 4.69) is 34.4 Å². The lowest BCUT2D eigenvalue weighted by Crippen LogP contribution is -2.38. The highest BCUT2D eigenvalue weighted by atomic mass is 16.3. The van der Waals surface area contributed by atoms with Crippen molar-refractivity contribution >= 4 is 5.91 Å². The minimum absolute atomic E-state index is 0.0138. The van der Waals surface area contributed by atoms with Gasteiger partial charge in [0, 0.05) is 13.1 Å². The van der Waals surface area contributed by atoms with Crippen LogP contribution < -0.4 is 5.32 Å². The van der Waals surface area contributed by atoms with E-state index in [1.807, 2.05) is 19.1 Å². The Bertz CT molecular complexity index is 575. The molecule has 120 valence electrons. The molecule has 1 N–H and O–H groups in total. The molecule has 2 heterocycles. The third-order valence-electron chi connectivity index (χ3n) is 3.73. The summed E-state index contributed by atoms with van der Waals surface area (Å²) in [5, 5.41) is 10.6. The van der Waals surface area contributed by atoms with Gasteiger partial charge in [-0.2, -0.15) is 0 Å². The second-order valence-corrected chi connectivity index (χ2v) is 4.90. The highest BCUT2D eigenvalue weighted by molar-refractivity contribution is 5.92. The fourth-order valence-corrected chi connectivity index (χ4v) is 2.50. The lowest BCUT2D eigenvalue weighted by atomic mass is 10.2. The summed E-state index contributed by atoms with van der Waals surface area (Å²) >= 11 is 0. The van der Waals surface area contributed by atoms with Gasteiger partial charge in [-0.3, -0.25) is 9.69 Å². The normalized spacial score (nSPS) is 12.5. The van der Waals surface area contributed by atoms with Crippen LogP contribution in [0.4, 0.5) is 0 Å². The van der Waals surface area contributed by atoms with Gasteiger partial charge in [-0.1, -0.05) is 19.1 Å². The minimum Gasteiger partial charge on any atom is -0.468 e. The first-order valence-electron chi connectivity index (χ1n) is 7.65. The van der Waals surface area contributed by atoms with Crippen molar-refractivity contribution in [1.29, 1.82) is 0 Å². The topological polar surface area (TPSA) is 76.2 Å². The van der Waals surface area contributed by atoms with Crippen LogP contribution in [0, 0.1) is 0 Å². The van der Waals surface area contributed by atoms with Crippen molar-refractivity contribution in [3.63, 3.8) is 0 Å². The summed E-state index contributed by atoms with van der Waals surface area (Å²) < 4.78 is 7.10. The summed E-state index contributed by atoms with van der Waals surface area (Å²) in [5.74, 6) is 0.682. The number of nitrogens with zero attached hydrogens (tertiary/aromatic N) is 4. The number of amides is 1. The maximum absolute atomic E-state index is 12.3. The van der Waals surface area contributed by atoms with Crippen LogP contribution >= 0.6 is 0 Å². The highest BCUT2D eigenvalue weighted by Crippen LogP contribution is 2.20. The molecule has 2 aromatic heterocycles. The summed E-state index contributed by atoms with van der Waals surface area (Å²) in [4.78, 5) is 14.5. The van der Waals surface area contributed by atoms with Gasteiger partial charge in [-0.15, -0.1) is 5.10 Å². The largest absolute Gasteiger partial charge is 0.468 e. The zero-order valence-electron chi connectivity index (χ0n) is 13.3. The molecule has 1 unspecified atom stereocenters. The molecule has 0 aliphatic rings. The Morgan fingerprint density at radius 1 is 1.41 bits per heavy atom. The van der Waals surface area contributed by atoms with E-state index in [0.717, 1.165) is 18.8 Å².